The molecule has 0 aliphatic heterocycles. The van der Waals surface area contributed by atoms with Crippen LogP contribution in [0.5, 0.6) is 0 Å². The smallest absolute Gasteiger partial charge is 0.305 e. The number of hydrogen-bond donors (Lipinski definition) is 3. The molecule has 0 aromatic carbocycles. The average molecular weight is 218 g/mol. The van der Waals surface area contributed by atoms with Crippen LogP contribution >= 0.6 is 0 Å². The number of rotatable bonds is 7. The zero-order valence-electron chi connectivity index (χ0n) is 8.85. The van der Waals surface area contributed by atoms with Crippen LogP contribution in [0.25, 0.3) is 0 Å². The van der Waals surface area contributed by atoms with E-state index in [-0.39, 0.29) is 18.9 Å². The summed E-state index contributed by atoms with van der Waals surface area (Å²) in [6, 6.07) is -0.999. The Kier molecular flexibility index (Phi) is 6.64. The van der Waals surface area contributed by atoms with E-state index in [1.807, 2.05) is 0 Å². The van der Waals surface area contributed by atoms with E-state index in [2.05, 4.69) is 0 Å². The molecule has 0 aliphatic rings. The highest BCUT2D eigenvalue weighted by Crippen LogP contribution is 1.99. The number of carbonyl (C=O) groups excluding carboxylic acids is 1. The second-order valence-electron chi connectivity index (χ2n) is 3.20. The van der Waals surface area contributed by atoms with Crippen molar-refractivity contribution in [1.82, 2.24) is 4.90 Å². The highest BCUT2D eigenvalue weighted by atomic mass is 16.4. The van der Waals surface area contributed by atoms with E-state index < -0.39 is 12.0 Å². The van der Waals surface area contributed by atoms with Gasteiger partial charge in [-0.05, 0) is 13.3 Å². The molecule has 0 aromatic rings. The van der Waals surface area contributed by atoms with Gasteiger partial charge in [0.25, 0.3) is 0 Å². The molecule has 0 aliphatic carbocycles. The fraction of sp³-hybridized carbons (Fsp3) is 0.778. The molecule has 0 heterocycles. The van der Waals surface area contributed by atoms with Gasteiger partial charge in [-0.3, -0.25) is 9.59 Å². The zero-order valence-corrected chi connectivity index (χ0v) is 8.85. The van der Waals surface area contributed by atoms with Crippen molar-refractivity contribution in [1.29, 1.82) is 0 Å². The van der Waals surface area contributed by atoms with Crippen LogP contribution in [-0.4, -0.2) is 52.7 Å². The van der Waals surface area contributed by atoms with Crippen molar-refractivity contribution in [2.24, 2.45) is 5.73 Å². The standard InChI is InChI=1S/C9H18N2O4/c1-2-11(4-3-5-12)9(15)7(10)6-8(13)14/h7,12H,2-6,10H2,1H3,(H,13,14). The van der Waals surface area contributed by atoms with E-state index in [4.69, 9.17) is 15.9 Å². The number of aliphatic hydroxyl groups excluding tert-OH is 1. The SMILES string of the molecule is CCN(CCCO)C(=O)C(N)CC(=O)O. The Bertz CT molecular complexity index is 220. The van der Waals surface area contributed by atoms with Crippen LogP contribution in [0.1, 0.15) is 19.8 Å². The first-order valence-electron chi connectivity index (χ1n) is 4.90. The topological polar surface area (TPSA) is 104 Å². The summed E-state index contributed by atoms with van der Waals surface area (Å²) in [6.45, 7) is 2.64. The van der Waals surface area contributed by atoms with Crippen molar-refractivity contribution in [3.63, 3.8) is 0 Å². The normalized spacial score (nSPS) is 12.2. The number of hydrogen-bond acceptors (Lipinski definition) is 4. The molecule has 0 saturated carbocycles. The Morgan fingerprint density at radius 3 is 2.47 bits per heavy atom. The molecule has 88 valence electrons. The molecule has 0 bridgehead atoms. The Hall–Kier alpha value is -1.14. The maximum Gasteiger partial charge on any atom is 0.305 e. The van der Waals surface area contributed by atoms with E-state index >= 15 is 0 Å². The largest absolute Gasteiger partial charge is 0.481 e. The van der Waals surface area contributed by atoms with Crippen molar-refractivity contribution in [3.8, 4) is 0 Å². The predicted octanol–water partition coefficient (Wildman–Crippen LogP) is -0.981. The van der Waals surface area contributed by atoms with Crippen LogP contribution in [0.2, 0.25) is 0 Å². The minimum absolute atomic E-state index is 0.00204. The lowest BCUT2D eigenvalue weighted by Gasteiger charge is -2.23. The molecule has 0 saturated heterocycles. The molecular weight excluding hydrogens is 200 g/mol. The molecule has 0 radical (unpaired) electrons. The van der Waals surface area contributed by atoms with Gasteiger partial charge in [-0.1, -0.05) is 0 Å². The Labute approximate surface area is 88.7 Å². The average Bonchev–Trinajstić information content (AvgIpc) is 2.17. The number of aliphatic hydroxyl groups is 1. The van der Waals surface area contributed by atoms with E-state index in [1.54, 1.807) is 6.92 Å². The van der Waals surface area contributed by atoms with Crippen LogP contribution < -0.4 is 5.73 Å². The maximum absolute atomic E-state index is 11.6. The Morgan fingerprint density at radius 2 is 2.07 bits per heavy atom. The van der Waals surface area contributed by atoms with Crippen molar-refractivity contribution in [3.05, 3.63) is 0 Å². The zero-order chi connectivity index (χ0) is 11.8. The molecule has 6 nitrogen and oxygen atoms in total. The van der Waals surface area contributed by atoms with Crippen LogP contribution in [0.3, 0.4) is 0 Å². The minimum Gasteiger partial charge on any atom is -0.481 e. The second kappa shape index (κ2) is 7.19. The predicted molar refractivity (Wildman–Crippen MR) is 54.2 cm³/mol. The van der Waals surface area contributed by atoms with Gasteiger partial charge in [0.05, 0.1) is 12.5 Å². The molecule has 4 N–H and O–H groups in total. The first-order valence-corrected chi connectivity index (χ1v) is 4.90. The van der Waals surface area contributed by atoms with Crippen LogP contribution in [0, 0.1) is 0 Å². The van der Waals surface area contributed by atoms with Crippen LogP contribution in [0.15, 0.2) is 0 Å². The number of carbonyl (C=O) groups is 2. The third-order valence-electron chi connectivity index (χ3n) is 1.99. The van der Waals surface area contributed by atoms with Gasteiger partial charge in [-0.2, -0.15) is 0 Å². The number of nitrogens with zero attached hydrogens (tertiary/aromatic N) is 1. The third kappa shape index (κ3) is 5.34. The third-order valence-corrected chi connectivity index (χ3v) is 1.99. The molecule has 6 heteroatoms. The van der Waals surface area contributed by atoms with Gasteiger partial charge >= 0.3 is 5.97 Å². The second-order valence-corrected chi connectivity index (χ2v) is 3.20. The summed E-state index contributed by atoms with van der Waals surface area (Å²) in [5.41, 5.74) is 5.43. The van der Waals surface area contributed by atoms with Crippen LogP contribution in [0.4, 0.5) is 0 Å². The van der Waals surface area contributed by atoms with E-state index in [0.29, 0.717) is 19.5 Å². The van der Waals surface area contributed by atoms with Crippen molar-refractivity contribution >= 4 is 11.9 Å². The molecule has 0 fully saturated rings. The fourth-order valence-electron chi connectivity index (χ4n) is 1.20. The first-order chi connectivity index (χ1) is 7.02. The van der Waals surface area contributed by atoms with Gasteiger partial charge in [-0.25, -0.2) is 0 Å². The summed E-state index contributed by atoms with van der Waals surface area (Å²) in [6.07, 6.45) is 0.105. The van der Waals surface area contributed by atoms with E-state index in [1.165, 1.54) is 4.90 Å². The van der Waals surface area contributed by atoms with E-state index in [0.717, 1.165) is 0 Å². The van der Waals surface area contributed by atoms with E-state index in [9.17, 15) is 9.59 Å². The lowest BCUT2D eigenvalue weighted by Crippen LogP contribution is -2.45. The highest BCUT2D eigenvalue weighted by molar-refractivity contribution is 5.85. The fourth-order valence-corrected chi connectivity index (χ4v) is 1.20. The summed E-state index contributed by atoms with van der Waals surface area (Å²) in [7, 11) is 0. The summed E-state index contributed by atoms with van der Waals surface area (Å²) in [4.78, 5) is 23.4. The number of aliphatic carboxylic acids is 1. The van der Waals surface area contributed by atoms with Crippen molar-refractivity contribution < 1.29 is 19.8 Å². The van der Waals surface area contributed by atoms with Gasteiger partial charge in [0.15, 0.2) is 0 Å². The van der Waals surface area contributed by atoms with Crippen molar-refractivity contribution in [2.75, 3.05) is 19.7 Å². The Balaban J connectivity index is 4.17. The molecular formula is C9H18N2O4. The monoisotopic (exact) mass is 218 g/mol. The van der Waals surface area contributed by atoms with Gasteiger partial charge in [-0.15, -0.1) is 0 Å². The van der Waals surface area contributed by atoms with Gasteiger partial charge < -0.3 is 20.8 Å². The molecule has 1 unspecified atom stereocenters. The van der Waals surface area contributed by atoms with Crippen molar-refractivity contribution in [2.45, 2.75) is 25.8 Å². The number of carboxylic acids is 1. The summed E-state index contributed by atoms with van der Waals surface area (Å²) in [5.74, 6) is -1.47. The Morgan fingerprint density at radius 1 is 1.47 bits per heavy atom. The summed E-state index contributed by atoms with van der Waals surface area (Å²) >= 11 is 0. The quantitative estimate of drug-likeness (QED) is 0.509. The molecule has 0 rings (SSSR count). The minimum atomic E-state index is -1.09. The highest BCUT2D eigenvalue weighted by Gasteiger charge is 2.21. The number of carboxylic acid groups (broad SMARTS) is 1. The van der Waals surface area contributed by atoms with Gasteiger partial charge in [0.2, 0.25) is 5.91 Å². The molecule has 15 heavy (non-hydrogen) atoms. The van der Waals surface area contributed by atoms with Gasteiger partial charge in [0.1, 0.15) is 0 Å². The van der Waals surface area contributed by atoms with Gasteiger partial charge in [0, 0.05) is 19.7 Å². The lowest BCUT2D eigenvalue weighted by atomic mass is 10.2. The molecule has 1 atom stereocenters. The number of amides is 1. The number of nitrogens with two attached hydrogens (primary N) is 1. The molecule has 1 amide bonds. The molecule has 0 aromatic heterocycles. The molecule has 0 spiro atoms. The summed E-state index contributed by atoms with van der Waals surface area (Å²) in [5, 5.41) is 17.1. The lowest BCUT2D eigenvalue weighted by molar-refractivity contribution is -0.142. The maximum atomic E-state index is 11.6. The number of likely N-dealkylation sites (N-methyl/N-ethyl adjacent to an activating group) is 1. The summed E-state index contributed by atoms with van der Waals surface area (Å²) < 4.78 is 0. The first kappa shape index (κ1) is 13.9. The van der Waals surface area contributed by atoms with Crippen LogP contribution in [-0.2, 0) is 9.59 Å².